The van der Waals surface area contributed by atoms with Gasteiger partial charge in [0, 0.05) is 25.1 Å². The van der Waals surface area contributed by atoms with Gasteiger partial charge < -0.3 is 15.5 Å². The number of anilines is 1. The first-order valence-electron chi connectivity index (χ1n) is 12.5. The maximum absolute atomic E-state index is 10.6. The third-order valence-electron chi connectivity index (χ3n) is 7.18. The maximum Gasteiger partial charge on any atom is 0.125 e. The lowest BCUT2D eigenvalue weighted by Crippen LogP contribution is -2.18. The average molecular weight is 447 g/mol. The van der Waals surface area contributed by atoms with Crippen LogP contribution in [0.4, 0.5) is 5.82 Å². The number of aliphatic hydroxyl groups excluding tert-OH is 2. The summed E-state index contributed by atoms with van der Waals surface area (Å²) in [4.78, 5) is 4.29. The predicted octanol–water partition coefficient (Wildman–Crippen LogP) is 5.47. The Balaban J connectivity index is 1.18. The summed E-state index contributed by atoms with van der Waals surface area (Å²) >= 11 is 0. The molecule has 1 aromatic carbocycles. The van der Waals surface area contributed by atoms with Crippen molar-refractivity contribution < 1.29 is 10.2 Å². The Bertz CT molecular complexity index is 940. The zero-order valence-electron chi connectivity index (χ0n) is 19.7. The summed E-state index contributed by atoms with van der Waals surface area (Å²) in [6.45, 7) is 3.04. The van der Waals surface area contributed by atoms with Crippen molar-refractivity contribution >= 4 is 5.82 Å². The van der Waals surface area contributed by atoms with E-state index in [2.05, 4.69) is 47.6 Å². The third kappa shape index (κ3) is 6.78. The van der Waals surface area contributed by atoms with Gasteiger partial charge in [0.15, 0.2) is 0 Å². The van der Waals surface area contributed by atoms with Crippen LogP contribution in [0.1, 0.15) is 49.7 Å². The first-order valence-corrected chi connectivity index (χ1v) is 12.5. The van der Waals surface area contributed by atoms with E-state index in [1.807, 2.05) is 36.5 Å². The first-order chi connectivity index (χ1) is 16.1. The molecule has 3 N–H and O–H groups in total. The van der Waals surface area contributed by atoms with E-state index in [1.54, 1.807) is 5.57 Å². The van der Waals surface area contributed by atoms with E-state index in [1.165, 1.54) is 24.8 Å². The Hall–Kier alpha value is -2.43. The van der Waals surface area contributed by atoms with Gasteiger partial charge in [-0.05, 0) is 68.6 Å². The van der Waals surface area contributed by atoms with Gasteiger partial charge in [0.1, 0.15) is 5.82 Å². The van der Waals surface area contributed by atoms with Crippen LogP contribution in [0.25, 0.3) is 0 Å². The molecule has 1 fully saturated rings. The molecule has 5 atom stereocenters. The van der Waals surface area contributed by atoms with Gasteiger partial charge in [-0.3, -0.25) is 0 Å². The lowest BCUT2D eigenvalue weighted by molar-refractivity contribution is 0.140. The first kappa shape index (κ1) is 23.7. The Morgan fingerprint density at radius 3 is 2.88 bits per heavy atom. The number of allylic oxidation sites excluding steroid dienone is 2. The summed E-state index contributed by atoms with van der Waals surface area (Å²) in [6.07, 6.45) is 14.8. The number of rotatable bonds is 11. The second-order valence-corrected chi connectivity index (χ2v) is 9.83. The lowest BCUT2D eigenvalue weighted by atomic mass is 9.88. The van der Waals surface area contributed by atoms with E-state index >= 15 is 0 Å². The molecule has 2 aromatic rings. The summed E-state index contributed by atoms with van der Waals surface area (Å²) in [6, 6.07) is 14.2. The van der Waals surface area contributed by atoms with Gasteiger partial charge in [-0.2, -0.15) is 0 Å². The van der Waals surface area contributed by atoms with Gasteiger partial charge in [-0.25, -0.2) is 4.98 Å². The highest BCUT2D eigenvalue weighted by molar-refractivity contribution is 5.32. The van der Waals surface area contributed by atoms with Crippen molar-refractivity contribution in [1.29, 1.82) is 0 Å². The van der Waals surface area contributed by atoms with Crippen LogP contribution in [0.2, 0.25) is 0 Å². The number of hydrogen-bond donors (Lipinski definition) is 3. The number of pyridine rings is 1. The molecule has 0 amide bonds. The topological polar surface area (TPSA) is 65.4 Å². The zero-order chi connectivity index (χ0) is 23.0. The number of nitrogens with one attached hydrogen (secondary N) is 1. The zero-order valence-corrected chi connectivity index (χ0v) is 19.7. The fourth-order valence-electron chi connectivity index (χ4n) is 5.53. The van der Waals surface area contributed by atoms with Crippen LogP contribution >= 0.6 is 0 Å². The monoisotopic (exact) mass is 446 g/mol. The third-order valence-corrected chi connectivity index (χ3v) is 7.18. The number of aliphatic hydroxyl groups is 2. The molecule has 4 heteroatoms. The summed E-state index contributed by atoms with van der Waals surface area (Å²) < 4.78 is 0. The molecule has 33 heavy (non-hydrogen) atoms. The smallest absolute Gasteiger partial charge is 0.125 e. The minimum absolute atomic E-state index is 0.151. The molecule has 1 heterocycles. The second kappa shape index (κ2) is 11.6. The van der Waals surface area contributed by atoms with Crippen molar-refractivity contribution in [3.63, 3.8) is 0 Å². The Labute approximate surface area is 198 Å². The molecule has 0 spiro atoms. The van der Waals surface area contributed by atoms with Crippen molar-refractivity contribution in [3.05, 3.63) is 83.6 Å². The molecular formula is C29H38N2O2. The largest absolute Gasteiger partial charge is 0.392 e. The van der Waals surface area contributed by atoms with Crippen LogP contribution in [0.3, 0.4) is 0 Å². The minimum atomic E-state index is -0.508. The van der Waals surface area contributed by atoms with E-state index < -0.39 is 6.10 Å². The molecule has 0 unspecified atom stereocenters. The van der Waals surface area contributed by atoms with Gasteiger partial charge in [-0.15, -0.1) is 0 Å². The molecule has 0 bridgehead atoms. The fourth-order valence-corrected chi connectivity index (χ4v) is 5.53. The summed E-state index contributed by atoms with van der Waals surface area (Å²) in [5.41, 5.74) is 3.93. The molecule has 1 aromatic heterocycles. The number of nitrogens with zero attached hydrogens (tertiary/aromatic N) is 1. The van der Waals surface area contributed by atoms with Gasteiger partial charge in [0.05, 0.1) is 12.2 Å². The van der Waals surface area contributed by atoms with Crippen LogP contribution in [0.15, 0.2) is 72.5 Å². The van der Waals surface area contributed by atoms with Gasteiger partial charge in [0.25, 0.3) is 0 Å². The van der Waals surface area contributed by atoms with Crippen LogP contribution in [0.5, 0.6) is 0 Å². The van der Waals surface area contributed by atoms with Gasteiger partial charge >= 0.3 is 0 Å². The highest BCUT2D eigenvalue weighted by Crippen LogP contribution is 2.48. The van der Waals surface area contributed by atoms with Crippen LogP contribution in [-0.4, -0.2) is 33.9 Å². The van der Waals surface area contributed by atoms with Crippen molar-refractivity contribution in [2.75, 3.05) is 11.9 Å². The Morgan fingerprint density at radius 1 is 1.15 bits per heavy atom. The van der Waals surface area contributed by atoms with Crippen molar-refractivity contribution in [2.45, 2.75) is 64.1 Å². The van der Waals surface area contributed by atoms with Crippen LogP contribution in [-0.2, 0) is 6.42 Å². The highest BCUT2D eigenvalue weighted by atomic mass is 16.3. The average Bonchev–Trinajstić information content (AvgIpc) is 3.31. The van der Waals surface area contributed by atoms with Crippen LogP contribution in [0, 0.1) is 24.7 Å². The molecule has 4 rings (SSSR count). The summed E-state index contributed by atoms with van der Waals surface area (Å²) in [5.74, 6) is 2.08. The molecule has 176 valence electrons. The lowest BCUT2D eigenvalue weighted by Gasteiger charge is -2.19. The Morgan fingerprint density at radius 2 is 2.06 bits per heavy atom. The SMILES string of the molecule is Cc1cccc(C[C@@H](O)/C=C/[C@@H]2[C@H]3CC(CCCCCNc4ccccn4)=C[C@H]3C[C@H]2O)c1. The molecular weight excluding hydrogens is 408 g/mol. The number of unbranched alkanes of at least 4 members (excludes halogenated alkanes) is 2. The van der Waals surface area contributed by atoms with Gasteiger partial charge in [0.2, 0.25) is 0 Å². The molecule has 0 aliphatic heterocycles. The summed E-state index contributed by atoms with van der Waals surface area (Å²) in [5, 5.41) is 24.5. The van der Waals surface area contributed by atoms with E-state index in [0.29, 0.717) is 18.3 Å². The van der Waals surface area contributed by atoms with Crippen molar-refractivity contribution in [1.82, 2.24) is 4.98 Å². The van der Waals surface area contributed by atoms with Crippen molar-refractivity contribution in [3.8, 4) is 0 Å². The maximum atomic E-state index is 10.6. The molecule has 4 nitrogen and oxygen atoms in total. The number of benzene rings is 1. The number of fused-ring (bicyclic) bond motifs is 1. The minimum Gasteiger partial charge on any atom is -0.392 e. The highest BCUT2D eigenvalue weighted by Gasteiger charge is 2.43. The normalized spacial score (nSPS) is 25.2. The molecule has 0 radical (unpaired) electrons. The van der Waals surface area contributed by atoms with Crippen molar-refractivity contribution in [2.24, 2.45) is 17.8 Å². The quantitative estimate of drug-likeness (QED) is 0.316. The van der Waals surface area contributed by atoms with E-state index in [-0.39, 0.29) is 12.0 Å². The van der Waals surface area contributed by atoms with Crippen LogP contribution < -0.4 is 5.32 Å². The molecule has 0 saturated heterocycles. The van der Waals surface area contributed by atoms with E-state index in [4.69, 9.17) is 0 Å². The fraction of sp³-hybridized carbons (Fsp3) is 0.483. The van der Waals surface area contributed by atoms with Gasteiger partial charge in [-0.1, -0.05) is 66.1 Å². The summed E-state index contributed by atoms with van der Waals surface area (Å²) in [7, 11) is 0. The standard InChI is InChI=1S/C29H38N2O2/c1-21-8-7-10-22(16-21)18-25(32)12-13-26-27-19-23(17-24(27)20-28(26)33)9-3-2-5-14-30-29-11-4-6-15-31-29/h4,6-8,10-13,15-17,24-28,32-33H,2-3,5,9,14,18-20H2,1H3,(H,30,31)/b13-12+/t24-,25-,26+,27-,28+/m0/s1. The van der Waals surface area contributed by atoms with E-state index in [0.717, 1.165) is 37.2 Å². The molecule has 2 aliphatic carbocycles. The molecule has 1 saturated carbocycles. The predicted molar refractivity (Wildman–Crippen MR) is 135 cm³/mol. The Kier molecular flexibility index (Phi) is 8.35. The number of hydrogen-bond acceptors (Lipinski definition) is 4. The second-order valence-electron chi connectivity index (χ2n) is 9.83. The molecule has 2 aliphatic rings. The number of aromatic nitrogens is 1. The number of aryl methyl sites for hydroxylation is 1. The van der Waals surface area contributed by atoms with E-state index in [9.17, 15) is 10.2 Å².